The van der Waals surface area contributed by atoms with E-state index < -0.39 is 0 Å². The first-order valence-corrected chi connectivity index (χ1v) is 6.63. The Hall–Kier alpha value is -1.92. The molecule has 20 heavy (non-hydrogen) atoms. The van der Waals surface area contributed by atoms with Gasteiger partial charge >= 0.3 is 0 Å². The second-order valence-corrected chi connectivity index (χ2v) is 4.27. The van der Waals surface area contributed by atoms with Crippen molar-refractivity contribution in [2.45, 2.75) is 13.1 Å². The van der Waals surface area contributed by atoms with Gasteiger partial charge in [0.1, 0.15) is 12.4 Å². The lowest BCUT2D eigenvalue weighted by atomic mass is 10.3. The van der Waals surface area contributed by atoms with Crippen LogP contribution in [0.15, 0.2) is 36.8 Å². The molecule has 0 unspecified atom stereocenters. The van der Waals surface area contributed by atoms with Gasteiger partial charge in [0.2, 0.25) is 0 Å². The number of ether oxygens (including phenoxy) is 2. The topological polar surface area (TPSA) is 61.2 Å². The minimum absolute atomic E-state index is 0.578. The van der Waals surface area contributed by atoms with Crippen molar-refractivity contribution in [1.82, 2.24) is 20.1 Å². The van der Waals surface area contributed by atoms with Crippen LogP contribution in [0, 0.1) is 0 Å². The predicted octanol–water partition coefficient (Wildman–Crippen LogP) is 1.09. The van der Waals surface area contributed by atoms with E-state index >= 15 is 0 Å². The maximum absolute atomic E-state index is 5.61. The molecule has 0 saturated heterocycles. The van der Waals surface area contributed by atoms with Crippen LogP contribution in [0.2, 0.25) is 0 Å². The molecule has 0 amide bonds. The SMILES string of the molecule is COCCNCc1ccc(OCCn2cccn2)cn1. The van der Waals surface area contributed by atoms with Crippen molar-refractivity contribution in [2.24, 2.45) is 0 Å². The molecule has 0 atom stereocenters. The Bertz CT molecular complexity index is 470. The first-order chi connectivity index (χ1) is 9.88. The quantitative estimate of drug-likeness (QED) is 0.695. The van der Waals surface area contributed by atoms with Gasteiger partial charge in [-0.2, -0.15) is 5.10 Å². The van der Waals surface area contributed by atoms with Crippen LogP contribution in [0.4, 0.5) is 0 Å². The van der Waals surface area contributed by atoms with Crippen molar-refractivity contribution in [1.29, 1.82) is 0 Å². The number of aromatic nitrogens is 3. The van der Waals surface area contributed by atoms with Crippen LogP contribution in [0.25, 0.3) is 0 Å². The van der Waals surface area contributed by atoms with Gasteiger partial charge in [0.05, 0.1) is 25.0 Å². The highest BCUT2D eigenvalue weighted by molar-refractivity contribution is 5.19. The summed E-state index contributed by atoms with van der Waals surface area (Å²) in [4.78, 5) is 4.34. The van der Waals surface area contributed by atoms with Gasteiger partial charge in [0, 0.05) is 32.6 Å². The molecule has 0 saturated carbocycles. The number of hydrogen-bond acceptors (Lipinski definition) is 5. The molecule has 108 valence electrons. The minimum Gasteiger partial charge on any atom is -0.490 e. The number of rotatable bonds is 9. The Kier molecular flexibility index (Phi) is 6.01. The molecular weight excluding hydrogens is 256 g/mol. The van der Waals surface area contributed by atoms with Gasteiger partial charge in [-0.15, -0.1) is 0 Å². The van der Waals surface area contributed by atoms with E-state index in [0.717, 1.165) is 31.1 Å². The molecule has 0 radical (unpaired) electrons. The van der Waals surface area contributed by atoms with Crippen molar-refractivity contribution >= 4 is 0 Å². The van der Waals surface area contributed by atoms with E-state index in [2.05, 4.69) is 15.4 Å². The zero-order chi connectivity index (χ0) is 14.0. The fraction of sp³-hybridized carbons (Fsp3) is 0.429. The first-order valence-electron chi connectivity index (χ1n) is 6.63. The van der Waals surface area contributed by atoms with Gasteiger partial charge in [-0.1, -0.05) is 0 Å². The second-order valence-electron chi connectivity index (χ2n) is 4.27. The third-order valence-electron chi connectivity index (χ3n) is 2.73. The highest BCUT2D eigenvalue weighted by atomic mass is 16.5. The molecule has 0 bridgehead atoms. The van der Waals surface area contributed by atoms with Gasteiger partial charge in [0.25, 0.3) is 0 Å². The highest BCUT2D eigenvalue weighted by Crippen LogP contribution is 2.09. The number of nitrogens with one attached hydrogen (secondary N) is 1. The Balaban J connectivity index is 1.68. The minimum atomic E-state index is 0.578. The third-order valence-corrected chi connectivity index (χ3v) is 2.73. The summed E-state index contributed by atoms with van der Waals surface area (Å²) in [6.07, 6.45) is 5.42. The largest absolute Gasteiger partial charge is 0.490 e. The summed E-state index contributed by atoms with van der Waals surface area (Å²) in [6.45, 7) is 3.56. The Morgan fingerprint density at radius 1 is 1.30 bits per heavy atom. The molecule has 0 fully saturated rings. The van der Waals surface area contributed by atoms with Crippen LogP contribution in [0.5, 0.6) is 5.75 Å². The lowest BCUT2D eigenvalue weighted by molar-refractivity contribution is 0.199. The summed E-state index contributed by atoms with van der Waals surface area (Å²) in [5, 5.41) is 7.36. The summed E-state index contributed by atoms with van der Waals surface area (Å²) in [5.74, 6) is 0.776. The average Bonchev–Trinajstić information content (AvgIpc) is 2.98. The van der Waals surface area contributed by atoms with Crippen LogP contribution >= 0.6 is 0 Å². The van der Waals surface area contributed by atoms with Crippen LogP contribution in [-0.2, 0) is 17.8 Å². The van der Waals surface area contributed by atoms with Crippen LogP contribution in [-0.4, -0.2) is 41.6 Å². The summed E-state index contributed by atoms with van der Waals surface area (Å²) >= 11 is 0. The molecule has 2 aromatic heterocycles. The van der Waals surface area contributed by atoms with Gasteiger partial charge in [-0.3, -0.25) is 9.67 Å². The molecule has 0 aromatic carbocycles. The lowest BCUT2D eigenvalue weighted by Gasteiger charge is -2.07. The number of hydrogen-bond donors (Lipinski definition) is 1. The summed E-state index contributed by atoms with van der Waals surface area (Å²) in [6, 6.07) is 5.79. The van der Waals surface area contributed by atoms with E-state index in [1.807, 2.05) is 29.1 Å². The lowest BCUT2D eigenvalue weighted by Crippen LogP contribution is -2.19. The molecular formula is C14H20N4O2. The highest BCUT2D eigenvalue weighted by Gasteiger charge is 1.98. The van der Waals surface area contributed by atoms with E-state index in [1.54, 1.807) is 19.5 Å². The molecule has 2 rings (SSSR count). The molecule has 2 heterocycles. The number of nitrogens with zero attached hydrogens (tertiary/aromatic N) is 3. The maximum Gasteiger partial charge on any atom is 0.137 e. The van der Waals surface area contributed by atoms with E-state index in [-0.39, 0.29) is 0 Å². The smallest absolute Gasteiger partial charge is 0.137 e. The van der Waals surface area contributed by atoms with Crippen molar-refractivity contribution in [3.05, 3.63) is 42.5 Å². The van der Waals surface area contributed by atoms with Crippen molar-refractivity contribution < 1.29 is 9.47 Å². The Morgan fingerprint density at radius 2 is 2.25 bits per heavy atom. The van der Waals surface area contributed by atoms with Gasteiger partial charge in [-0.05, 0) is 18.2 Å². The standard InChI is InChI=1S/C14H20N4O2/c1-19-9-6-15-11-13-3-4-14(12-16-13)20-10-8-18-7-2-5-17-18/h2-5,7,12,15H,6,8-11H2,1H3. The van der Waals surface area contributed by atoms with Gasteiger partial charge in [-0.25, -0.2) is 0 Å². The first kappa shape index (κ1) is 14.5. The third kappa shape index (κ3) is 4.99. The molecule has 1 N–H and O–H groups in total. The Morgan fingerprint density at radius 3 is 2.95 bits per heavy atom. The van der Waals surface area contributed by atoms with E-state index in [1.165, 1.54) is 0 Å². The molecule has 0 aliphatic rings. The number of methoxy groups -OCH3 is 1. The van der Waals surface area contributed by atoms with Crippen molar-refractivity contribution in [3.8, 4) is 5.75 Å². The van der Waals surface area contributed by atoms with Crippen molar-refractivity contribution in [2.75, 3.05) is 26.9 Å². The van der Waals surface area contributed by atoms with Crippen LogP contribution in [0.1, 0.15) is 5.69 Å². The zero-order valence-electron chi connectivity index (χ0n) is 11.7. The van der Waals surface area contributed by atoms with Gasteiger partial charge < -0.3 is 14.8 Å². The summed E-state index contributed by atoms with van der Waals surface area (Å²) in [7, 11) is 1.69. The molecule has 2 aromatic rings. The van der Waals surface area contributed by atoms with Crippen LogP contribution in [0.3, 0.4) is 0 Å². The average molecular weight is 276 g/mol. The van der Waals surface area contributed by atoms with E-state index in [4.69, 9.17) is 9.47 Å². The van der Waals surface area contributed by atoms with Crippen molar-refractivity contribution in [3.63, 3.8) is 0 Å². The zero-order valence-corrected chi connectivity index (χ0v) is 11.7. The number of pyridine rings is 1. The van der Waals surface area contributed by atoms with E-state index in [9.17, 15) is 0 Å². The fourth-order valence-corrected chi connectivity index (χ4v) is 1.68. The molecule has 0 aliphatic carbocycles. The normalized spacial score (nSPS) is 10.7. The van der Waals surface area contributed by atoms with Gasteiger partial charge in [0.15, 0.2) is 0 Å². The molecule has 0 spiro atoms. The summed E-state index contributed by atoms with van der Waals surface area (Å²) < 4.78 is 12.4. The Labute approximate surface area is 118 Å². The fourth-order valence-electron chi connectivity index (χ4n) is 1.68. The molecule has 6 heteroatoms. The van der Waals surface area contributed by atoms with E-state index in [0.29, 0.717) is 13.2 Å². The predicted molar refractivity (Wildman–Crippen MR) is 75.5 cm³/mol. The summed E-state index contributed by atoms with van der Waals surface area (Å²) in [5.41, 5.74) is 0.987. The monoisotopic (exact) mass is 276 g/mol. The second kappa shape index (κ2) is 8.29. The molecule has 6 nitrogen and oxygen atoms in total. The van der Waals surface area contributed by atoms with Crippen LogP contribution < -0.4 is 10.1 Å². The maximum atomic E-state index is 5.61. The molecule has 0 aliphatic heterocycles.